The summed E-state index contributed by atoms with van der Waals surface area (Å²) in [4.78, 5) is 22.2. The van der Waals surface area contributed by atoms with Gasteiger partial charge in [0.2, 0.25) is 5.91 Å². The Balaban J connectivity index is 2.14. The molecule has 0 aromatic heterocycles. The van der Waals surface area contributed by atoms with E-state index in [0.29, 0.717) is 18.7 Å². The van der Waals surface area contributed by atoms with Gasteiger partial charge in [-0.05, 0) is 18.9 Å². The highest BCUT2D eigenvalue weighted by molar-refractivity contribution is 7.99. The van der Waals surface area contributed by atoms with Gasteiger partial charge in [0, 0.05) is 12.3 Å². The summed E-state index contributed by atoms with van der Waals surface area (Å²) in [5, 5.41) is 11.5. The molecule has 0 spiro atoms. The van der Waals surface area contributed by atoms with Gasteiger partial charge >= 0.3 is 5.97 Å². The van der Waals surface area contributed by atoms with Gasteiger partial charge in [-0.1, -0.05) is 36.8 Å². The highest BCUT2D eigenvalue weighted by atomic mass is 32.2. The van der Waals surface area contributed by atoms with E-state index in [1.165, 1.54) is 11.1 Å². The third-order valence-corrected chi connectivity index (χ3v) is 3.95. The average molecular weight is 295 g/mol. The fraction of sp³-hybridized carbons (Fsp3) is 0.467. The first-order valence-electron chi connectivity index (χ1n) is 6.62. The largest absolute Gasteiger partial charge is 0.481 e. The van der Waals surface area contributed by atoms with Crippen LogP contribution in [0.3, 0.4) is 0 Å². The van der Waals surface area contributed by atoms with Crippen molar-refractivity contribution >= 4 is 23.6 Å². The molecule has 20 heavy (non-hydrogen) atoms. The highest BCUT2D eigenvalue weighted by Crippen LogP contribution is 2.12. The smallest absolute Gasteiger partial charge is 0.306 e. The minimum atomic E-state index is -0.826. The number of carboxylic acid groups (broad SMARTS) is 1. The first-order chi connectivity index (χ1) is 9.49. The lowest BCUT2D eigenvalue weighted by molar-refractivity contribution is -0.141. The Morgan fingerprint density at radius 1 is 1.30 bits per heavy atom. The number of aliphatic carboxylic acids is 1. The lowest BCUT2D eigenvalue weighted by atomic mass is 10.1. The van der Waals surface area contributed by atoms with Gasteiger partial charge in [0.25, 0.3) is 0 Å². The van der Waals surface area contributed by atoms with Gasteiger partial charge in [-0.15, -0.1) is 11.8 Å². The zero-order valence-electron chi connectivity index (χ0n) is 11.9. The Kier molecular flexibility index (Phi) is 7.15. The van der Waals surface area contributed by atoms with Crippen molar-refractivity contribution in [1.29, 1.82) is 0 Å². The third-order valence-electron chi connectivity index (χ3n) is 2.94. The Morgan fingerprint density at radius 3 is 2.55 bits per heavy atom. The van der Waals surface area contributed by atoms with Crippen LogP contribution < -0.4 is 5.32 Å². The number of nitrogens with one attached hydrogen (secondary N) is 1. The normalized spacial score (nSPS) is 11.9. The lowest BCUT2D eigenvalue weighted by Crippen LogP contribution is -2.28. The van der Waals surface area contributed by atoms with Gasteiger partial charge < -0.3 is 10.4 Å². The van der Waals surface area contributed by atoms with Crippen LogP contribution in [0.1, 0.15) is 24.5 Å². The zero-order valence-corrected chi connectivity index (χ0v) is 12.7. The van der Waals surface area contributed by atoms with E-state index >= 15 is 0 Å². The third kappa shape index (κ3) is 6.61. The highest BCUT2D eigenvalue weighted by Gasteiger charge is 2.10. The fourth-order valence-corrected chi connectivity index (χ4v) is 2.37. The molecule has 1 unspecified atom stereocenters. The van der Waals surface area contributed by atoms with Crippen molar-refractivity contribution < 1.29 is 14.7 Å². The zero-order chi connectivity index (χ0) is 15.0. The van der Waals surface area contributed by atoms with Gasteiger partial charge in [-0.3, -0.25) is 9.59 Å². The molecule has 1 aromatic carbocycles. The standard InChI is InChI=1S/C15H21NO3S/c1-11-3-5-13(6-4-11)9-20-10-14(17)16-8-7-12(2)15(18)19/h3-6,12H,7-10H2,1-2H3,(H,16,17)(H,18,19). The SMILES string of the molecule is Cc1ccc(CSCC(=O)NCCC(C)C(=O)O)cc1. The molecular formula is C15H21NO3S. The first-order valence-corrected chi connectivity index (χ1v) is 7.77. The Hall–Kier alpha value is -1.49. The summed E-state index contributed by atoms with van der Waals surface area (Å²) in [5.74, 6) is -0.0858. The van der Waals surface area contributed by atoms with Crippen molar-refractivity contribution in [3.05, 3.63) is 35.4 Å². The maximum Gasteiger partial charge on any atom is 0.306 e. The Bertz CT molecular complexity index is 445. The van der Waals surface area contributed by atoms with Crippen molar-refractivity contribution in [3.8, 4) is 0 Å². The quantitative estimate of drug-likeness (QED) is 0.773. The predicted octanol–water partition coefficient (Wildman–Crippen LogP) is 2.46. The number of carbonyl (C=O) groups excluding carboxylic acids is 1. The monoisotopic (exact) mass is 295 g/mol. The number of thioether (sulfide) groups is 1. The molecule has 1 atom stereocenters. The summed E-state index contributed by atoms with van der Waals surface area (Å²) in [6, 6.07) is 8.25. The summed E-state index contributed by atoms with van der Waals surface area (Å²) in [7, 11) is 0. The molecule has 0 saturated carbocycles. The second kappa shape index (κ2) is 8.64. The van der Waals surface area contributed by atoms with Crippen LogP contribution in [0.25, 0.3) is 0 Å². The van der Waals surface area contributed by atoms with Crippen LogP contribution >= 0.6 is 11.8 Å². The minimum Gasteiger partial charge on any atom is -0.481 e. The van der Waals surface area contributed by atoms with E-state index in [9.17, 15) is 9.59 Å². The maximum absolute atomic E-state index is 11.6. The molecule has 1 amide bonds. The van der Waals surface area contributed by atoms with Gasteiger partial charge in [0.15, 0.2) is 0 Å². The van der Waals surface area contributed by atoms with Gasteiger partial charge in [-0.25, -0.2) is 0 Å². The molecule has 1 aromatic rings. The van der Waals surface area contributed by atoms with Gasteiger partial charge in [-0.2, -0.15) is 0 Å². The van der Waals surface area contributed by atoms with Crippen molar-refractivity contribution in [3.63, 3.8) is 0 Å². The molecule has 0 saturated heterocycles. The number of carbonyl (C=O) groups is 2. The number of benzene rings is 1. The second-order valence-electron chi connectivity index (χ2n) is 4.86. The molecule has 0 aliphatic heterocycles. The van der Waals surface area contributed by atoms with Crippen LogP contribution in [0.5, 0.6) is 0 Å². The van der Waals surface area contributed by atoms with E-state index in [0.717, 1.165) is 5.75 Å². The first kappa shape index (κ1) is 16.6. The van der Waals surface area contributed by atoms with E-state index in [-0.39, 0.29) is 5.91 Å². The van der Waals surface area contributed by atoms with Crippen molar-refractivity contribution in [1.82, 2.24) is 5.32 Å². The van der Waals surface area contributed by atoms with E-state index in [4.69, 9.17) is 5.11 Å². The molecule has 0 aliphatic rings. The van der Waals surface area contributed by atoms with Crippen LogP contribution in [-0.4, -0.2) is 29.3 Å². The molecule has 0 heterocycles. The molecule has 0 bridgehead atoms. The summed E-state index contributed by atoms with van der Waals surface area (Å²) in [5.41, 5.74) is 2.43. The van der Waals surface area contributed by atoms with E-state index in [1.54, 1.807) is 18.7 Å². The topological polar surface area (TPSA) is 66.4 Å². The Morgan fingerprint density at radius 2 is 1.95 bits per heavy atom. The number of carboxylic acids is 1. The van der Waals surface area contributed by atoms with Crippen molar-refractivity contribution in [2.75, 3.05) is 12.3 Å². The van der Waals surface area contributed by atoms with Crippen LogP contribution in [0, 0.1) is 12.8 Å². The molecule has 0 radical (unpaired) electrons. The summed E-state index contributed by atoms with van der Waals surface area (Å²) < 4.78 is 0. The van der Waals surface area contributed by atoms with E-state index < -0.39 is 11.9 Å². The average Bonchev–Trinajstić information content (AvgIpc) is 2.40. The van der Waals surface area contributed by atoms with Crippen LogP contribution in [0.4, 0.5) is 0 Å². The van der Waals surface area contributed by atoms with E-state index in [1.807, 2.05) is 6.92 Å². The molecule has 5 heteroatoms. The molecule has 2 N–H and O–H groups in total. The van der Waals surface area contributed by atoms with Crippen molar-refractivity contribution in [2.24, 2.45) is 5.92 Å². The van der Waals surface area contributed by atoms with Gasteiger partial charge in [0.05, 0.1) is 11.7 Å². The number of aryl methyl sites for hydroxylation is 1. The van der Waals surface area contributed by atoms with Crippen LogP contribution in [0.15, 0.2) is 24.3 Å². The molecular weight excluding hydrogens is 274 g/mol. The number of hydrogen-bond donors (Lipinski definition) is 2. The van der Waals surface area contributed by atoms with E-state index in [2.05, 4.69) is 29.6 Å². The predicted molar refractivity (Wildman–Crippen MR) is 81.8 cm³/mol. The molecule has 0 fully saturated rings. The van der Waals surface area contributed by atoms with Crippen molar-refractivity contribution in [2.45, 2.75) is 26.0 Å². The molecule has 0 aliphatic carbocycles. The van der Waals surface area contributed by atoms with Gasteiger partial charge in [0.1, 0.15) is 0 Å². The summed E-state index contributed by atoms with van der Waals surface area (Å²) in [6.45, 7) is 4.10. The Labute approximate surface area is 124 Å². The van der Waals surface area contributed by atoms with Crippen LogP contribution in [0.2, 0.25) is 0 Å². The second-order valence-corrected chi connectivity index (χ2v) is 5.84. The van der Waals surface area contributed by atoms with Crippen LogP contribution in [-0.2, 0) is 15.3 Å². The fourth-order valence-electron chi connectivity index (χ4n) is 1.55. The number of amides is 1. The summed E-state index contributed by atoms with van der Waals surface area (Å²) in [6.07, 6.45) is 0.462. The lowest BCUT2D eigenvalue weighted by Gasteiger charge is -2.08. The maximum atomic E-state index is 11.6. The molecule has 1 rings (SSSR count). The molecule has 110 valence electrons. The summed E-state index contributed by atoms with van der Waals surface area (Å²) >= 11 is 1.56. The number of rotatable bonds is 8. The minimum absolute atomic E-state index is 0.0419. The number of hydrogen-bond acceptors (Lipinski definition) is 3. The molecule has 4 nitrogen and oxygen atoms in total.